The molecule has 0 radical (unpaired) electrons. The molecule has 3 nitrogen and oxygen atoms in total. The van der Waals surface area contributed by atoms with E-state index in [1.165, 1.54) is 0 Å². The average Bonchev–Trinajstić information content (AvgIpc) is 3.00. The lowest BCUT2D eigenvalue weighted by molar-refractivity contribution is -0.128. The average molecular weight is 363 g/mol. The third kappa shape index (κ3) is 4.10. The highest BCUT2D eigenvalue weighted by atomic mass is 35.5. The van der Waals surface area contributed by atoms with Crippen molar-refractivity contribution < 1.29 is 4.79 Å². The number of amides is 1. The molecule has 126 valence electrons. The maximum absolute atomic E-state index is 12.0. The second kappa shape index (κ2) is 8.02. The topological polar surface area (TPSA) is 32.3 Å². The van der Waals surface area contributed by atoms with Crippen molar-refractivity contribution in [1.29, 1.82) is 0 Å². The molecule has 0 spiro atoms. The zero-order chi connectivity index (χ0) is 16.9. The lowest BCUT2D eigenvalue weighted by Gasteiger charge is -2.25. The zero-order valence-corrected chi connectivity index (χ0v) is 14.9. The standard InChI is InChI=1S/C19H20Cl2N2O/c20-16-9-4-8-15(19(16)21)12-22-17(14-6-2-1-3-7-14)13-23-11-5-10-18(23)24/h1-4,6-9,17,22H,5,10-13H2/t17-/m1/s1. The Balaban J connectivity index is 1.74. The highest BCUT2D eigenvalue weighted by molar-refractivity contribution is 6.42. The molecule has 0 aliphatic carbocycles. The van der Waals surface area contributed by atoms with E-state index in [1.807, 2.05) is 35.2 Å². The fraction of sp³-hybridized carbons (Fsp3) is 0.316. The molecule has 3 rings (SSSR count). The van der Waals surface area contributed by atoms with Crippen molar-refractivity contribution in [2.24, 2.45) is 0 Å². The van der Waals surface area contributed by atoms with Gasteiger partial charge in [-0.05, 0) is 23.6 Å². The van der Waals surface area contributed by atoms with Gasteiger partial charge in [-0.1, -0.05) is 65.7 Å². The molecule has 0 unspecified atom stereocenters. The molecule has 2 aromatic carbocycles. The van der Waals surface area contributed by atoms with Crippen LogP contribution in [-0.2, 0) is 11.3 Å². The molecular formula is C19H20Cl2N2O. The summed E-state index contributed by atoms with van der Waals surface area (Å²) in [4.78, 5) is 13.9. The van der Waals surface area contributed by atoms with Crippen LogP contribution in [0.2, 0.25) is 10.0 Å². The first-order chi connectivity index (χ1) is 11.6. The highest BCUT2D eigenvalue weighted by Gasteiger charge is 2.24. The number of nitrogens with one attached hydrogen (secondary N) is 1. The SMILES string of the molecule is O=C1CCCN1C[C@@H](NCc1cccc(Cl)c1Cl)c1ccccc1. The molecule has 0 saturated carbocycles. The summed E-state index contributed by atoms with van der Waals surface area (Å²) in [6.07, 6.45) is 1.60. The Bertz CT molecular complexity index is 706. The smallest absolute Gasteiger partial charge is 0.222 e. The Morgan fingerprint density at radius 2 is 1.88 bits per heavy atom. The van der Waals surface area contributed by atoms with Gasteiger partial charge in [0.2, 0.25) is 5.91 Å². The van der Waals surface area contributed by atoms with Gasteiger partial charge in [-0.3, -0.25) is 4.79 Å². The molecular weight excluding hydrogens is 343 g/mol. The number of carbonyl (C=O) groups is 1. The van der Waals surface area contributed by atoms with Gasteiger partial charge >= 0.3 is 0 Å². The molecule has 24 heavy (non-hydrogen) atoms. The van der Waals surface area contributed by atoms with Gasteiger partial charge in [0.25, 0.3) is 0 Å². The predicted octanol–water partition coefficient (Wildman–Crippen LogP) is 4.45. The third-order valence-electron chi connectivity index (χ3n) is 4.35. The van der Waals surface area contributed by atoms with Crippen LogP contribution in [0.15, 0.2) is 48.5 Å². The number of halogens is 2. The fourth-order valence-corrected chi connectivity index (χ4v) is 3.40. The van der Waals surface area contributed by atoms with Crippen LogP contribution in [0.25, 0.3) is 0 Å². The van der Waals surface area contributed by atoms with E-state index in [1.54, 1.807) is 6.07 Å². The van der Waals surface area contributed by atoms with Crippen molar-refractivity contribution in [3.05, 3.63) is 69.7 Å². The van der Waals surface area contributed by atoms with E-state index in [0.29, 0.717) is 29.6 Å². The van der Waals surface area contributed by atoms with Gasteiger partial charge in [0.05, 0.1) is 16.1 Å². The van der Waals surface area contributed by atoms with E-state index in [-0.39, 0.29) is 11.9 Å². The summed E-state index contributed by atoms with van der Waals surface area (Å²) in [5.41, 5.74) is 2.12. The maximum atomic E-state index is 12.0. The molecule has 2 aromatic rings. The van der Waals surface area contributed by atoms with Crippen LogP contribution in [0, 0.1) is 0 Å². The molecule has 5 heteroatoms. The van der Waals surface area contributed by atoms with Gasteiger partial charge < -0.3 is 10.2 Å². The second-order valence-corrected chi connectivity index (χ2v) is 6.79. The van der Waals surface area contributed by atoms with Crippen molar-refractivity contribution in [1.82, 2.24) is 10.2 Å². The third-order valence-corrected chi connectivity index (χ3v) is 5.20. The number of carbonyl (C=O) groups excluding carboxylic acids is 1. The van der Waals surface area contributed by atoms with Gasteiger partial charge in [0.1, 0.15) is 0 Å². The van der Waals surface area contributed by atoms with Crippen LogP contribution in [0.4, 0.5) is 0 Å². The summed E-state index contributed by atoms with van der Waals surface area (Å²) in [6.45, 7) is 2.10. The molecule has 1 N–H and O–H groups in total. The molecule has 0 aromatic heterocycles. The normalized spacial score (nSPS) is 15.8. The van der Waals surface area contributed by atoms with Gasteiger partial charge in [-0.15, -0.1) is 0 Å². The Kier molecular flexibility index (Phi) is 5.77. The van der Waals surface area contributed by atoms with E-state index in [4.69, 9.17) is 23.2 Å². The van der Waals surface area contributed by atoms with Crippen molar-refractivity contribution >= 4 is 29.1 Å². The van der Waals surface area contributed by atoms with E-state index < -0.39 is 0 Å². The van der Waals surface area contributed by atoms with Gasteiger partial charge in [-0.25, -0.2) is 0 Å². The minimum atomic E-state index is 0.0586. The van der Waals surface area contributed by atoms with Crippen LogP contribution < -0.4 is 5.32 Å². The summed E-state index contributed by atoms with van der Waals surface area (Å²) >= 11 is 12.4. The molecule has 1 saturated heterocycles. The number of nitrogens with zero attached hydrogens (tertiary/aromatic N) is 1. The van der Waals surface area contributed by atoms with Crippen LogP contribution in [0.5, 0.6) is 0 Å². The number of hydrogen-bond donors (Lipinski definition) is 1. The quantitative estimate of drug-likeness (QED) is 0.823. The molecule has 0 bridgehead atoms. The fourth-order valence-electron chi connectivity index (χ4n) is 3.01. The summed E-state index contributed by atoms with van der Waals surface area (Å²) in [6, 6.07) is 15.9. The Morgan fingerprint density at radius 1 is 1.08 bits per heavy atom. The van der Waals surface area contributed by atoms with Crippen molar-refractivity contribution in [3.63, 3.8) is 0 Å². The Morgan fingerprint density at radius 3 is 2.58 bits per heavy atom. The van der Waals surface area contributed by atoms with Gasteiger partial charge in [0, 0.05) is 26.1 Å². The number of benzene rings is 2. The minimum Gasteiger partial charge on any atom is -0.341 e. The number of hydrogen-bond acceptors (Lipinski definition) is 2. The Labute approximate surface area is 152 Å². The second-order valence-electron chi connectivity index (χ2n) is 6.00. The van der Waals surface area contributed by atoms with Crippen LogP contribution in [0.1, 0.15) is 30.0 Å². The van der Waals surface area contributed by atoms with Crippen molar-refractivity contribution in [2.75, 3.05) is 13.1 Å². The monoisotopic (exact) mass is 362 g/mol. The molecule has 1 amide bonds. The summed E-state index contributed by atoms with van der Waals surface area (Å²) in [7, 11) is 0. The van der Waals surface area contributed by atoms with E-state index in [0.717, 1.165) is 24.1 Å². The zero-order valence-electron chi connectivity index (χ0n) is 13.3. The molecule has 1 fully saturated rings. The maximum Gasteiger partial charge on any atom is 0.222 e. The van der Waals surface area contributed by atoms with Crippen LogP contribution in [0.3, 0.4) is 0 Å². The van der Waals surface area contributed by atoms with Crippen molar-refractivity contribution in [3.8, 4) is 0 Å². The largest absolute Gasteiger partial charge is 0.341 e. The van der Waals surface area contributed by atoms with Gasteiger partial charge in [0.15, 0.2) is 0 Å². The van der Waals surface area contributed by atoms with Crippen molar-refractivity contribution in [2.45, 2.75) is 25.4 Å². The summed E-state index contributed by atoms with van der Waals surface area (Å²) in [5, 5.41) is 4.67. The van der Waals surface area contributed by atoms with E-state index in [2.05, 4.69) is 17.4 Å². The lowest BCUT2D eigenvalue weighted by atomic mass is 10.1. The van der Waals surface area contributed by atoms with E-state index >= 15 is 0 Å². The first-order valence-corrected chi connectivity index (χ1v) is 8.90. The number of rotatable bonds is 6. The molecule has 1 aliphatic rings. The Hall–Kier alpha value is -1.55. The van der Waals surface area contributed by atoms with Crippen LogP contribution >= 0.6 is 23.2 Å². The first kappa shape index (κ1) is 17.3. The molecule has 1 aliphatic heterocycles. The first-order valence-electron chi connectivity index (χ1n) is 8.14. The molecule has 1 atom stereocenters. The number of likely N-dealkylation sites (tertiary alicyclic amines) is 1. The minimum absolute atomic E-state index is 0.0586. The molecule has 1 heterocycles. The van der Waals surface area contributed by atoms with Crippen LogP contribution in [-0.4, -0.2) is 23.9 Å². The highest BCUT2D eigenvalue weighted by Crippen LogP contribution is 2.26. The summed E-state index contributed by atoms with van der Waals surface area (Å²) < 4.78 is 0. The summed E-state index contributed by atoms with van der Waals surface area (Å²) in [5.74, 6) is 0.235. The lowest BCUT2D eigenvalue weighted by Crippen LogP contribution is -2.35. The van der Waals surface area contributed by atoms with E-state index in [9.17, 15) is 4.79 Å². The predicted molar refractivity (Wildman–Crippen MR) is 98.3 cm³/mol. The van der Waals surface area contributed by atoms with Gasteiger partial charge in [-0.2, -0.15) is 0 Å².